The number of methoxy groups -OCH3 is 2. The van der Waals surface area contributed by atoms with E-state index in [-0.39, 0.29) is 35.1 Å². The van der Waals surface area contributed by atoms with E-state index in [0.717, 1.165) is 11.8 Å². The average Bonchev–Trinajstić information content (AvgIpc) is 2.96. The molecular formula is C26H27N5O8S. The van der Waals surface area contributed by atoms with Crippen LogP contribution in [0.1, 0.15) is 36.8 Å². The van der Waals surface area contributed by atoms with E-state index < -0.39 is 27.7 Å². The third kappa shape index (κ3) is 7.61. The molecule has 0 aliphatic heterocycles. The fourth-order valence-corrected chi connectivity index (χ4v) is 4.36. The Bertz CT molecular complexity index is 1510. The molecule has 3 rings (SSSR count). The lowest BCUT2D eigenvalue weighted by Crippen LogP contribution is -2.36. The number of nitrogens with zero attached hydrogens (tertiary/aromatic N) is 1. The van der Waals surface area contributed by atoms with Crippen LogP contribution in [-0.4, -0.2) is 64.3 Å². The molecule has 0 unspecified atom stereocenters. The molecule has 4 amide bonds. The Morgan fingerprint density at radius 1 is 0.900 bits per heavy atom. The van der Waals surface area contributed by atoms with Gasteiger partial charge in [-0.05, 0) is 54.4 Å². The summed E-state index contributed by atoms with van der Waals surface area (Å²) in [7, 11) is -1.27. The van der Waals surface area contributed by atoms with Crippen LogP contribution < -0.4 is 30.6 Å². The zero-order valence-electron chi connectivity index (χ0n) is 21.6. The molecule has 0 bridgehead atoms. The lowest BCUT2D eigenvalue weighted by molar-refractivity contribution is -0.118. The molecule has 14 heteroatoms. The first kappa shape index (κ1) is 29.7. The van der Waals surface area contributed by atoms with Crippen LogP contribution in [0, 0.1) is 0 Å². The maximum Gasteiger partial charge on any atom is 0.276 e. The largest absolute Gasteiger partial charge is 0.497 e. The standard InChI is InChI=1S/C26H27N5O8S/c1-38-18-6-10-22(39-2)20(13-18)25(34)28-12-11-16-3-7-19(8-4-16)40(36,37)31-24(33)17-5-9-21(29-15-17)26(35)30-23(32)14-27/h3-10,13,15H,11-12,14,27H2,1-2H3,(H,28,34)(H,31,33)(H,30,32,35). The number of pyridine rings is 1. The fourth-order valence-electron chi connectivity index (χ4n) is 3.39. The van der Waals surface area contributed by atoms with E-state index in [0.29, 0.717) is 23.5 Å². The van der Waals surface area contributed by atoms with Crippen LogP contribution in [0.3, 0.4) is 0 Å². The van der Waals surface area contributed by atoms with Crippen LogP contribution in [0.25, 0.3) is 0 Å². The molecule has 1 aromatic heterocycles. The predicted octanol–water partition coefficient (Wildman–Crippen LogP) is 0.405. The molecule has 0 saturated heterocycles. The van der Waals surface area contributed by atoms with Gasteiger partial charge >= 0.3 is 0 Å². The number of ether oxygens (including phenoxy) is 2. The number of rotatable bonds is 11. The highest BCUT2D eigenvalue weighted by molar-refractivity contribution is 7.90. The number of sulfonamides is 1. The summed E-state index contributed by atoms with van der Waals surface area (Å²) in [5.74, 6) is -1.93. The number of hydrogen-bond donors (Lipinski definition) is 4. The first-order valence-corrected chi connectivity index (χ1v) is 13.2. The Hall–Kier alpha value is -4.82. The molecule has 0 fully saturated rings. The number of hydrogen-bond acceptors (Lipinski definition) is 10. The van der Waals surface area contributed by atoms with E-state index in [2.05, 4.69) is 10.3 Å². The van der Waals surface area contributed by atoms with E-state index in [1.807, 2.05) is 10.0 Å². The molecule has 1 heterocycles. The number of nitrogens with two attached hydrogens (primary N) is 1. The van der Waals surface area contributed by atoms with Crippen LogP contribution in [0.2, 0.25) is 0 Å². The minimum Gasteiger partial charge on any atom is -0.497 e. The molecule has 0 aliphatic carbocycles. The normalized spacial score (nSPS) is 10.8. The van der Waals surface area contributed by atoms with Gasteiger partial charge in [-0.3, -0.25) is 29.5 Å². The van der Waals surface area contributed by atoms with Crippen molar-refractivity contribution in [2.45, 2.75) is 11.3 Å². The lowest BCUT2D eigenvalue weighted by Gasteiger charge is -2.11. The van der Waals surface area contributed by atoms with E-state index in [9.17, 15) is 27.6 Å². The van der Waals surface area contributed by atoms with Crippen LogP contribution in [0.15, 0.2) is 65.7 Å². The second kappa shape index (κ2) is 13.3. The second-order valence-electron chi connectivity index (χ2n) is 8.16. The Morgan fingerprint density at radius 3 is 2.23 bits per heavy atom. The van der Waals surface area contributed by atoms with E-state index >= 15 is 0 Å². The summed E-state index contributed by atoms with van der Waals surface area (Å²) in [4.78, 5) is 51.8. The zero-order valence-corrected chi connectivity index (χ0v) is 22.4. The molecule has 0 saturated carbocycles. The van der Waals surface area contributed by atoms with Crippen molar-refractivity contribution >= 4 is 33.7 Å². The quantitative estimate of drug-likeness (QED) is 0.251. The van der Waals surface area contributed by atoms with Crippen molar-refractivity contribution in [3.63, 3.8) is 0 Å². The molecule has 0 spiro atoms. The van der Waals surface area contributed by atoms with Gasteiger partial charge in [0.15, 0.2) is 0 Å². The molecule has 0 radical (unpaired) electrons. The minimum atomic E-state index is -4.22. The number of imide groups is 1. The highest BCUT2D eigenvalue weighted by Crippen LogP contribution is 2.23. The van der Waals surface area contributed by atoms with Gasteiger partial charge in [0.1, 0.15) is 17.2 Å². The Labute approximate surface area is 230 Å². The Morgan fingerprint density at radius 2 is 1.62 bits per heavy atom. The maximum absolute atomic E-state index is 12.7. The summed E-state index contributed by atoms with van der Waals surface area (Å²) in [6.07, 6.45) is 1.42. The molecule has 13 nitrogen and oxygen atoms in total. The van der Waals surface area contributed by atoms with Crippen molar-refractivity contribution in [2.24, 2.45) is 5.73 Å². The number of nitrogens with one attached hydrogen (secondary N) is 3. The number of carbonyl (C=O) groups is 4. The second-order valence-corrected chi connectivity index (χ2v) is 9.85. The number of amides is 4. The Kier molecular flexibility index (Phi) is 9.89. The average molecular weight is 570 g/mol. The van der Waals surface area contributed by atoms with Crippen molar-refractivity contribution in [3.8, 4) is 11.5 Å². The lowest BCUT2D eigenvalue weighted by atomic mass is 10.1. The van der Waals surface area contributed by atoms with E-state index in [1.54, 1.807) is 30.3 Å². The number of benzene rings is 2. The highest BCUT2D eigenvalue weighted by atomic mass is 32.2. The van der Waals surface area contributed by atoms with Crippen LogP contribution in [0.4, 0.5) is 0 Å². The monoisotopic (exact) mass is 569 g/mol. The predicted molar refractivity (Wildman–Crippen MR) is 142 cm³/mol. The molecular weight excluding hydrogens is 542 g/mol. The van der Waals surface area contributed by atoms with Crippen molar-refractivity contribution < 1.29 is 37.1 Å². The molecule has 3 aromatic rings. The number of aromatic nitrogens is 1. The smallest absolute Gasteiger partial charge is 0.276 e. The number of carbonyl (C=O) groups excluding carboxylic acids is 4. The summed E-state index contributed by atoms with van der Waals surface area (Å²) in [6.45, 7) is -0.120. The van der Waals surface area contributed by atoms with Gasteiger partial charge in [0.2, 0.25) is 5.91 Å². The third-order valence-electron chi connectivity index (χ3n) is 5.51. The fraction of sp³-hybridized carbons (Fsp3) is 0.192. The molecule has 40 heavy (non-hydrogen) atoms. The third-order valence-corrected chi connectivity index (χ3v) is 6.85. The summed E-state index contributed by atoms with van der Waals surface area (Å²) in [5, 5.41) is 4.78. The van der Waals surface area contributed by atoms with E-state index in [4.69, 9.17) is 15.2 Å². The first-order valence-electron chi connectivity index (χ1n) is 11.7. The summed E-state index contributed by atoms with van der Waals surface area (Å²) in [5.41, 5.74) is 5.91. The van der Waals surface area contributed by atoms with Gasteiger partial charge in [0.25, 0.3) is 27.7 Å². The minimum absolute atomic E-state index is 0.120. The SMILES string of the molecule is COc1ccc(OC)c(C(=O)NCCc2ccc(S(=O)(=O)NC(=O)c3ccc(C(=O)NC(=O)CN)nc3)cc2)c1. The van der Waals surface area contributed by atoms with Crippen molar-refractivity contribution in [1.82, 2.24) is 20.3 Å². The highest BCUT2D eigenvalue weighted by Gasteiger charge is 2.20. The molecule has 5 N–H and O–H groups in total. The van der Waals surface area contributed by atoms with Gasteiger partial charge in [-0.15, -0.1) is 0 Å². The van der Waals surface area contributed by atoms with Crippen LogP contribution in [0.5, 0.6) is 11.5 Å². The maximum atomic E-state index is 12.7. The van der Waals surface area contributed by atoms with Crippen LogP contribution in [-0.2, 0) is 21.2 Å². The molecule has 2 aromatic carbocycles. The van der Waals surface area contributed by atoms with Gasteiger partial charge < -0.3 is 20.5 Å². The van der Waals surface area contributed by atoms with E-state index in [1.165, 1.54) is 38.5 Å². The topological polar surface area (TPSA) is 196 Å². The van der Waals surface area contributed by atoms with Crippen molar-refractivity contribution in [1.29, 1.82) is 0 Å². The zero-order chi connectivity index (χ0) is 29.3. The Balaban J connectivity index is 1.57. The summed E-state index contributed by atoms with van der Waals surface area (Å²) >= 11 is 0. The van der Waals surface area contributed by atoms with Gasteiger partial charge in [-0.1, -0.05) is 12.1 Å². The van der Waals surface area contributed by atoms with Crippen molar-refractivity contribution in [2.75, 3.05) is 27.3 Å². The molecule has 0 aliphatic rings. The summed E-state index contributed by atoms with van der Waals surface area (Å²) < 4.78 is 37.7. The van der Waals surface area contributed by atoms with Crippen LogP contribution >= 0.6 is 0 Å². The first-order chi connectivity index (χ1) is 19.1. The van der Waals surface area contributed by atoms with Gasteiger partial charge in [0.05, 0.1) is 36.8 Å². The van der Waals surface area contributed by atoms with Gasteiger partial charge in [-0.25, -0.2) is 13.1 Å². The van der Waals surface area contributed by atoms with Crippen molar-refractivity contribution in [3.05, 3.63) is 83.2 Å². The van der Waals surface area contributed by atoms with Gasteiger partial charge in [0, 0.05) is 12.7 Å². The molecule has 210 valence electrons. The van der Waals surface area contributed by atoms with Gasteiger partial charge in [-0.2, -0.15) is 0 Å². The molecule has 0 atom stereocenters. The summed E-state index contributed by atoms with van der Waals surface area (Å²) in [6, 6.07) is 13.0.